The van der Waals surface area contributed by atoms with Crippen LogP contribution in [0.5, 0.6) is 0 Å². The molecule has 188 valence electrons. The van der Waals surface area contributed by atoms with E-state index in [-0.39, 0.29) is 5.41 Å². The summed E-state index contributed by atoms with van der Waals surface area (Å²) >= 11 is 0. The quantitative estimate of drug-likeness (QED) is 0.223. The Morgan fingerprint density at radius 3 is 2.24 bits per heavy atom. The molecule has 2 aromatic heterocycles. The Labute approximate surface area is 221 Å². The number of aromatic nitrogens is 1. The Kier molecular flexibility index (Phi) is 5.26. The van der Waals surface area contributed by atoms with Crippen LogP contribution in [-0.4, -0.2) is 21.6 Å². The maximum absolute atomic E-state index is 6.71. The summed E-state index contributed by atoms with van der Waals surface area (Å²) < 4.78 is 13.4. The van der Waals surface area contributed by atoms with Crippen molar-refractivity contribution in [2.24, 2.45) is 0 Å². The highest BCUT2D eigenvalue weighted by molar-refractivity contribution is 7.05. The van der Waals surface area contributed by atoms with Crippen molar-refractivity contribution in [2.75, 3.05) is 0 Å². The van der Waals surface area contributed by atoms with Gasteiger partial charge >= 0.3 is 0 Å². The Hall–Kier alpha value is -3.00. The Morgan fingerprint density at radius 1 is 0.757 bits per heavy atom. The minimum Gasteiger partial charge on any atom is -0.453 e. The third-order valence-electron chi connectivity index (χ3n) is 7.89. The largest absolute Gasteiger partial charge is 0.453 e. The van der Waals surface area contributed by atoms with Crippen molar-refractivity contribution in [1.29, 1.82) is 0 Å². The molecule has 37 heavy (non-hydrogen) atoms. The van der Waals surface area contributed by atoms with Crippen LogP contribution in [0.1, 0.15) is 31.9 Å². The van der Waals surface area contributed by atoms with E-state index in [4.69, 9.17) is 13.5 Å². The van der Waals surface area contributed by atoms with Crippen LogP contribution in [0.4, 0.5) is 0 Å². The summed E-state index contributed by atoms with van der Waals surface area (Å²) in [5.74, 6) is 0.931. The lowest BCUT2D eigenvalue weighted by Gasteiger charge is -2.22. The van der Waals surface area contributed by atoms with E-state index in [1.165, 1.54) is 26.7 Å². The number of hydrogen-bond donors (Lipinski definition) is 0. The number of furan rings is 1. The number of fused-ring (bicyclic) bond motifs is 3. The lowest BCUT2D eigenvalue weighted by atomic mass is 9.82. The standard InChI is InChI=1S/C32H35NO2Si2/c1-20-24-15-16-33-29(23-17-21-11-9-10-12-25(21)26(18-23)32(2,3)4)31(24)34-30(20)22-13-14-27-28(19-22)37(7,8)35-36(27,5)6/h9-19H,1-8H3. The van der Waals surface area contributed by atoms with E-state index >= 15 is 0 Å². The highest BCUT2D eigenvalue weighted by Gasteiger charge is 2.46. The van der Waals surface area contributed by atoms with Crippen LogP contribution < -0.4 is 10.4 Å². The summed E-state index contributed by atoms with van der Waals surface area (Å²) in [5, 5.41) is 6.50. The fraction of sp³-hybridized carbons (Fsp3) is 0.281. The average molecular weight is 522 g/mol. The van der Waals surface area contributed by atoms with Crippen molar-refractivity contribution in [1.82, 2.24) is 4.98 Å². The Bertz CT molecular complexity index is 1710. The van der Waals surface area contributed by atoms with Gasteiger partial charge in [0.15, 0.2) is 5.58 Å². The normalized spacial score (nSPS) is 16.4. The van der Waals surface area contributed by atoms with E-state index in [1.54, 1.807) is 0 Å². The summed E-state index contributed by atoms with van der Waals surface area (Å²) in [7, 11) is -3.76. The molecule has 0 saturated heterocycles. The van der Waals surface area contributed by atoms with Crippen LogP contribution in [0.3, 0.4) is 0 Å². The third-order valence-corrected chi connectivity index (χ3v) is 15.7. The Balaban J connectivity index is 1.56. The number of aryl methyl sites for hydroxylation is 1. The third kappa shape index (κ3) is 3.83. The molecule has 0 N–H and O–H groups in total. The second-order valence-electron chi connectivity index (χ2n) is 12.5. The molecule has 3 aromatic carbocycles. The van der Waals surface area contributed by atoms with Gasteiger partial charge in [0.25, 0.3) is 0 Å². The van der Waals surface area contributed by atoms with E-state index < -0.39 is 16.6 Å². The maximum atomic E-state index is 6.71. The van der Waals surface area contributed by atoms with Gasteiger partial charge in [-0.3, -0.25) is 4.98 Å². The SMILES string of the molecule is Cc1c(-c2ccc3c(c2)[Si](C)(C)O[Si]3(C)C)oc2c(-c3cc(C(C)(C)C)c4ccccc4c3)nccc12. The summed E-state index contributed by atoms with van der Waals surface area (Å²) in [6.07, 6.45) is 1.91. The smallest absolute Gasteiger partial charge is 0.206 e. The summed E-state index contributed by atoms with van der Waals surface area (Å²) in [4.78, 5) is 4.85. The number of rotatable bonds is 2. The summed E-state index contributed by atoms with van der Waals surface area (Å²) in [6.45, 7) is 18.2. The second-order valence-corrected chi connectivity index (χ2v) is 20.4. The molecule has 3 nitrogen and oxygen atoms in total. The van der Waals surface area contributed by atoms with Gasteiger partial charge in [0.2, 0.25) is 16.6 Å². The predicted octanol–water partition coefficient (Wildman–Crippen LogP) is 7.78. The van der Waals surface area contributed by atoms with E-state index in [0.717, 1.165) is 39.1 Å². The van der Waals surface area contributed by atoms with Crippen molar-refractivity contribution < 1.29 is 8.53 Å². The molecule has 5 heteroatoms. The van der Waals surface area contributed by atoms with Crippen molar-refractivity contribution in [2.45, 2.75) is 59.3 Å². The minimum absolute atomic E-state index is 0.00796. The molecule has 0 radical (unpaired) electrons. The minimum atomic E-state index is -1.92. The molecule has 6 rings (SSSR count). The number of nitrogens with zero attached hydrogens (tertiary/aromatic N) is 1. The fourth-order valence-electron chi connectivity index (χ4n) is 6.15. The Morgan fingerprint density at radius 2 is 1.49 bits per heavy atom. The lowest BCUT2D eigenvalue weighted by Crippen LogP contribution is -2.43. The molecule has 1 aliphatic heterocycles. The highest BCUT2D eigenvalue weighted by Crippen LogP contribution is 2.40. The molecule has 0 spiro atoms. The molecular weight excluding hydrogens is 487 g/mol. The summed E-state index contributed by atoms with van der Waals surface area (Å²) in [6, 6.07) is 22.1. The van der Waals surface area contributed by atoms with Gasteiger partial charge in [-0.05, 0) is 89.5 Å². The van der Waals surface area contributed by atoms with E-state index in [1.807, 2.05) is 6.20 Å². The fourth-order valence-corrected chi connectivity index (χ4v) is 16.4. The van der Waals surface area contributed by atoms with Crippen LogP contribution in [-0.2, 0) is 9.53 Å². The van der Waals surface area contributed by atoms with Gasteiger partial charge in [-0.1, -0.05) is 57.2 Å². The van der Waals surface area contributed by atoms with E-state index in [2.05, 4.69) is 115 Å². The summed E-state index contributed by atoms with van der Waals surface area (Å²) in [5.41, 5.74) is 6.46. The average Bonchev–Trinajstić information content (AvgIpc) is 3.27. The topological polar surface area (TPSA) is 35.3 Å². The van der Waals surface area contributed by atoms with Gasteiger partial charge in [0.1, 0.15) is 11.5 Å². The molecule has 0 bridgehead atoms. The van der Waals surface area contributed by atoms with Gasteiger partial charge in [0.05, 0.1) is 0 Å². The van der Waals surface area contributed by atoms with Crippen molar-refractivity contribution in [3.05, 3.63) is 78.0 Å². The molecule has 0 unspecified atom stereocenters. The monoisotopic (exact) mass is 521 g/mol. The first kappa shape index (κ1) is 24.3. The molecule has 0 atom stereocenters. The number of hydrogen-bond acceptors (Lipinski definition) is 3. The van der Waals surface area contributed by atoms with Crippen molar-refractivity contribution in [3.8, 4) is 22.6 Å². The van der Waals surface area contributed by atoms with Crippen LogP contribution >= 0.6 is 0 Å². The molecule has 0 fully saturated rings. The van der Waals surface area contributed by atoms with Crippen LogP contribution in [0, 0.1) is 6.92 Å². The maximum Gasteiger partial charge on any atom is 0.206 e. The van der Waals surface area contributed by atoms with Gasteiger partial charge in [-0.15, -0.1) is 0 Å². The van der Waals surface area contributed by atoms with E-state index in [0.29, 0.717) is 0 Å². The first-order valence-corrected chi connectivity index (χ1v) is 19.0. The molecular formula is C32H35NO2Si2. The molecule has 5 aromatic rings. The van der Waals surface area contributed by atoms with Crippen LogP contribution in [0.25, 0.3) is 44.3 Å². The molecule has 0 amide bonds. The lowest BCUT2D eigenvalue weighted by molar-refractivity contribution is 0.583. The first-order chi connectivity index (χ1) is 17.4. The number of benzene rings is 3. The van der Waals surface area contributed by atoms with Crippen molar-refractivity contribution >= 4 is 48.7 Å². The highest BCUT2D eigenvalue weighted by atomic mass is 28.4. The first-order valence-electron chi connectivity index (χ1n) is 13.1. The molecule has 0 aliphatic carbocycles. The molecule has 3 heterocycles. The zero-order valence-corrected chi connectivity index (χ0v) is 25.1. The van der Waals surface area contributed by atoms with Gasteiger partial charge < -0.3 is 8.53 Å². The zero-order valence-electron chi connectivity index (χ0n) is 23.1. The van der Waals surface area contributed by atoms with E-state index in [9.17, 15) is 0 Å². The van der Waals surface area contributed by atoms with Gasteiger partial charge in [-0.25, -0.2) is 0 Å². The molecule has 0 saturated carbocycles. The zero-order chi connectivity index (χ0) is 26.3. The number of pyridine rings is 1. The molecule has 1 aliphatic rings. The van der Waals surface area contributed by atoms with Crippen molar-refractivity contribution in [3.63, 3.8) is 0 Å². The van der Waals surface area contributed by atoms with Crippen LogP contribution in [0.2, 0.25) is 26.2 Å². The van der Waals surface area contributed by atoms with Crippen LogP contribution in [0.15, 0.2) is 71.3 Å². The second kappa shape index (κ2) is 8.00. The van der Waals surface area contributed by atoms with Gasteiger partial charge in [0, 0.05) is 28.3 Å². The predicted molar refractivity (Wildman–Crippen MR) is 161 cm³/mol. The van der Waals surface area contributed by atoms with Gasteiger partial charge in [-0.2, -0.15) is 0 Å².